The molecule has 2 aliphatic rings. The topological polar surface area (TPSA) is 56.1 Å². The van der Waals surface area contributed by atoms with Gasteiger partial charge in [-0.2, -0.15) is 5.26 Å². The lowest BCUT2D eigenvalue weighted by molar-refractivity contribution is 0.0965. The van der Waals surface area contributed by atoms with Gasteiger partial charge in [0.2, 0.25) is 0 Å². The molecule has 1 saturated heterocycles. The van der Waals surface area contributed by atoms with Crippen LogP contribution in [0.1, 0.15) is 60.2 Å². The van der Waals surface area contributed by atoms with E-state index in [0.29, 0.717) is 17.7 Å². The molecule has 1 amide bonds. The van der Waals surface area contributed by atoms with Gasteiger partial charge in [0, 0.05) is 24.2 Å². The van der Waals surface area contributed by atoms with Crippen LogP contribution in [0.15, 0.2) is 12.1 Å². The van der Waals surface area contributed by atoms with Crippen LogP contribution in [0.3, 0.4) is 0 Å². The quantitative estimate of drug-likeness (QED) is 0.909. The molecule has 3 rings (SSSR count). The summed E-state index contributed by atoms with van der Waals surface area (Å²) in [6.07, 6.45) is 3.81. The fourth-order valence-corrected chi connectivity index (χ4v) is 2.96. The van der Waals surface area contributed by atoms with Crippen molar-refractivity contribution in [2.75, 3.05) is 13.1 Å². The summed E-state index contributed by atoms with van der Waals surface area (Å²) in [6, 6.07) is 6.10. The smallest absolute Gasteiger partial charge is 0.251 e. The molecule has 0 aromatic heterocycles. The second-order valence-corrected chi connectivity index (χ2v) is 5.30. The van der Waals surface area contributed by atoms with Gasteiger partial charge in [-0.25, -0.2) is 0 Å². The SMILES string of the molecule is CC.N#Cc1cc(CN2CCCCC2)cc2c1CNC2=O. The number of nitriles is 1. The van der Waals surface area contributed by atoms with Gasteiger partial charge in [-0.1, -0.05) is 20.3 Å². The van der Waals surface area contributed by atoms with Crippen LogP contribution in [0.4, 0.5) is 0 Å². The Morgan fingerprint density at radius 1 is 1.24 bits per heavy atom. The molecule has 1 aromatic carbocycles. The average Bonchev–Trinajstić information content (AvgIpc) is 2.91. The van der Waals surface area contributed by atoms with E-state index in [1.807, 2.05) is 26.0 Å². The second-order valence-electron chi connectivity index (χ2n) is 5.30. The highest BCUT2D eigenvalue weighted by Crippen LogP contribution is 2.23. The van der Waals surface area contributed by atoms with Crippen molar-refractivity contribution in [3.05, 3.63) is 34.4 Å². The lowest BCUT2D eigenvalue weighted by atomic mass is 9.99. The van der Waals surface area contributed by atoms with E-state index in [1.54, 1.807) is 0 Å². The third kappa shape index (κ3) is 3.43. The number of fused-ring (bicyclic) bond motifs is 1. The Labute approximate surface area is 126 Å². The monoisotopic (exact) mass is 285 g/mol. The van der Waals surface area contributed by atoms with E-state index < -0.39 is 0 Å². The molecule has 2 heterocycles. The number of hydrogen-bond donors (Lipinski definition) is 1. The summed E-state index contributed by atoms with van der Waals surface area (Å²) in [5.41, 5.74) is 3.26. The number of rotatable bonds is 2. The van der Waals surface area contributed by atoms with Crippen LogP contribution in [0.2, 0.25) is 0 Å². The molecule has 0 bridgehead atoms. The van der Waals surface area contributed by atoms with Crippen molar-refractivity contribution in [3.63, 3.8) is 0 Å². The van der Waals surface area contributed by atoms with Crippen molar-refractivity contribution in [2.45, 2.75) is 46.2 Å². The summed E-state index contributed by atoms with van der Waals surface area (Å²) in [7, 11) is 0. The number of carbonyl (C=O) groups is 1. The van der Waals surface area contributed by atoms with Crippen molar-refractivity contribution >= 4 is 5.91 Å². The van der Waals surface area contributed by atoms with Crippen molar-refractivity contribution in [1.82, 2.24) is 10.2 Å². The Kier molecular flexibility index (Phi) is 5.35. The molecule has 0 unspecified atom stereocenters. The van der Waals surface area contributed by atoms with E-state index in [2.05, 4.69) is 16.3 Å². The maximum absolute atomic E-state index is 11.7. The summed E-state index contributed by atoms with van der Waals surface area (Å²) in [4.78, 5) is 14.1. The summed E-state index contributed by atoms with van der Waals surface area (Å²) < 4.78 is 0. The summed E-state index contributed by atoms with van der Waals surface area (Å²) in [5, 5.41) is 12.0. The number of piperidine rings is 1. The van der Waals surface area contributed by atoms with Gasteiger partial charge in [0.05, 0.1) is 11.6 Å². The van der Waals surface area contributed by atoms with Crippen LogP contribution in [-0.4, -0.2) is 23.9 Å². The third-order valence-electron chi connectivity index (χ3n) is 3.96. The Bertz CT molecular complexity index is 554. The number of nitrogens with zero attached hydrogens (tertiary/aromatic N) is 2. The first-order valence-corrected chi connectivity index (χ1v) is 7.84. The van der Waals surface area contributed by atoms with Crippen LogP contribution in [0.25, 0.3) is 0 Å². The van der Waals surface area contributed by atoms with E-state index in [0.717, 1.165) is 30.8 Å². The maximum atomic E-state index is 11.7. The van der Waals surface area contributed by atoms with E-state index >= 15 is 0 Å². The molecule has 1 N–H and O–H groups in total. The molecule has 21 heavy (non-hydrogen) atoms. The third-order valence-corrected chi connectivity index (χ3v) is 3.96. The molecule has 112 valence electrons. The highest BCUT2D eigenvalue weighted by atomic mass is 16.1. The molecule has 4 heteroatoms. The van der Waals surface area contributed by atoms with E-state index in [4.69, 9.17) is 0 Å². The standard InChI is InChI=1S/C15H17N3O.C2H6/c16-8-12-6-11(10-18-4-2-1-3-5-18)7-13-14(12)9-17-15(13)19;1-2/h6-7H,1-5,9-10H2,(H,17,19);1-2H3. The molecule has 0 saturated carbocycles. The van der Waals surface area contributed by atoms with Gasteiger partial charge in [-0.15, -0.1) is 0 Å². The molecule has 0 atom stereocenters. The van der Waals surface area contributed by atoms with Crippen molar-refractivity contribution in [1.29, 1.82) is 5.26 Å². The van der Waals surface area contributed by atoms with Gasteiger partial charge >= 0.3 is 0 Å². The highest BCUT2D eigenvalue weighted by molar-refractivity contribution is 5.99. The summed E-state index contributed by atoms with van der Waals surface area (Å²) in [6.45, 7) is 7.56. The van der Waals surface area contributed by atoms with Gasteiger partial charge in [0.15, 0.2) is 0 Å². The minimum absolute atomic E-state index is 0.0491. The molecule has 1 fully saturated rings. The first-order valence-electron chi connectivity index (χ1n) is 7.84. The fraction of sp³-hybridized carbons (Fsp3) is 0.529. The fourth-order valence-electron chi connectivity index (χ4n) is 2.96. The van der Waals surface area contributed by atoms with Crippen molar-refractivity contribution < 1.29 is 4.79 Å². The molecule has 2 aliphatic heterocycles. The second kappa shape index (κ2) is 7.24. The molecule has 4 nitrogen and oxygen atoms in total. The lowest BCUT2D eigenvalue weighted by Gasteiger charge is -2.26. The zero-order chi connectivity index (χ0) is 15.2. The van der Waals surface area contributed by atoms with Crippen LogP contribution in [0, 0.1) is 11.3 Å². The van der Waals surface area contributed by atoms with Gasteiger partial charge in [-0.3, -0.25) is 9.69 Å². The maximum Gasteiger partial charge on any atom is 0.251 e. The number of likely N-dealkylation sites (tertiary alicyclic amines) is 1. The Morgan fingerprint density at radius 3 is 2.62 bits per heavy atom. The first-order chi connectivity index (χ1) is 10.3. The number of carbonyl (C=O) groups excluding carboxylic acids is 1. The molecular formula is C17H23N3O. The molecule has 0 aliphatic carbocycles. The highest BCUT2D eigenvalue weighted by Gasteiger charge is 2.23. The summed E-state index contributed by atoms with van der Waals surface area (Å²) in [5.74, 6) is -0.0491. The van der Waals surface area contributed by atoms with Crippen LogP contribution in [0.5, 0.6) is 0 Å². The van der Waals surface area contributed by atoms with E-state index in [9.17, 15) is 10.1 Å². The van der Waals surface area contributed by atoms with Gasteiger partial charge in [-0.05, 0) is 43.6 Å². The normalized spacial score (nSPS) is 17.3. The van der Waals surface area contributed by atoms with Crippen LogP contribution < -0.4 is 5.32 Å². The lowest BCUT2D eigenvalue weighted by Crippen LogP contribution is -2.29. The minimum Gasteiger partial charge on any atom is -0.348 e. The first kappa shape index (κ1) is 15.5. The number of hydrogen-bond acceptors (Lipinski definition) is 3. The Hall–Kier alpha value is -1.86. The summed E-state index contributed by atoms with van der Waals surface area (Å²) >= 11 is 0. The number of benzene rings is 1. The Balaban J connectivity index is 0.000000774. The zero-order valence-electron chi connectivity index (χ0n) is 12.9. The van der Waals surface area contributed by atoms with Crippen molar-refractivity contribution in [2.24, 2.45) is 0 Å². The number of nitrogens with one attached hydrogen (secondary N) is 1. The van der Waals surface area contributed by atoms with Gasteiger partial charge in [0.1, 0.15) is 0 Å². The number of amides is 1. The molecule has 0 radical (unpaired) electrons. The minimum atomic E-state index is -0.0491. The van der Waals surface area contributed by atoms with Crippen LogP contribution in [-0.2, 0) is 13.1 Å². The predicted molar refractivity (Wildman–Crippen MR) is 82.8 cm³/mol. The largest absolute Gasteiger partial charge is 0.348 e. The van der Waals surface area contributed by atoms with E-state index in [1.165, 1.54) is 19.3 Å². The van der Waals surface area contributed by atoms with Crippen LogP contribution >= 0.6 is 0 Å². The zero-order valence-corrected chi connectivity index (χ0v) is 12.9. The molecular weight excluding hydrogens is 262 g/mol. The van der Waals surface area contributed by atoms with E-state index in [-0.39, 0.29) is 5.91 Å². The van der Waals surface area contributed by atoms with Crippen molar-refractivity contribution in [3.8, 4) is 6.07 Å². The van der Waals surface area contributed by atoms with Gasteiger partial charge < -0.3 is 5.32 Å². The molecule has 1 aromatic rings. The Morgan fingerprint density at radius 2 is 1.95 bits per heavy atom. The average molecular weight is 285 g/mol. The molecule has 0 spiro atoms. The predicted octanol–water partition coefficient (Wildman–Crippen LogP) is 2.81. The van der Waals surface area contributed by atoms with Gasteiger partial charge in [0.25, 0.3) is 5.91 Å².